The maximum atomic E-state index is 12.6. The second-order valence-electron chi connectivity index (χ2n) is 6.64. The molecule has 0 fully saturated rings. The molecule has 26 heavy (non-hydrogen) atoms. The van der Waals surface area contributed by atoms with Gasteiger partial charge < -0.3 is 19.4 Å². The first-order valence-electron chi connectivity index (χ1n) is 8.79. The van der Waals surface area contributed by atoms with Gasteiger partial charge in [-0.05, 0) is 30.7 Å². The van der Waals surface area contributed by atoms with Gasteiger partial charge in [0, 0.05) is 36.2 Å². The molecule has 0 saturated carbocycles. The predicted molar refractivity (Wildman–Crippen MR) is 101 cm³/mol. The number of aryl methyl sites for hydroxylation is 1. The van der Waals surface area contributed by atoms with Gasteiger partial charge in [-0.2, -0.15) is 0 Å². The molecule has 1 amide bonds. The largest absolute Gasteiger partial charge is 0.495 e. The minimum absolute atomic E-state index is 0.00871. The molecule has 3 aromatic rings. The molecule has 0 saturated heterocycles. The molecule has 2 heterocycles. The normalized spacial score (nSPS) is 13.5. The standard InChI is InChI=1S/C21H22N2O3/c1-14-5-3-6-15(11-14)26-13-20(24)23-10-9-18-17(12-23)16-7-4-8-19(25-2)21(16)22-18/h3-8,11,22H,9-10,12-13H2,1-2H3. The number of aromatic nitrogens is 1. The van der Waals surface area contributed by atoms with E-state index in [0.29, 0.717) is 13.1 Å². The van der Waals surface area contributed by atoms with Crippen molar-refractivity contribution in [1.29, 1.82) is 0 Å². The number of hydrogen-bond donors (Lipinski definition) is 1. The number of nitrogens with zero attached hydrogens (tertiary/aromatic N) is 1. The summed E-state index contributed by atoms with van der Waals surface area (Å²) in [5.41, 5.74) is 4.48. The lowest BCUT2D eigenvalue weighted by atomic mass is 10.0. The Morgan fingerprint density at radius 2 is 2.08 bits per heavy atom. The molecule has 1 aromatic heterocycles. The van der Waals surface area contributed by atoms with Gasteiger partial charge in [0.2, 0.25) is 0 Å². The number of nitrogens with one attached hydrogen (secondary N) is 1. The highest BCUT2D eigenvalue weighted by atomic mass is 16.5. The number of benzene rings is 2. The lowest BCUT2D eigenvalue weighted by molar-refractivity contribution is -0.134. The van der Waals surface area contributed by atoms with Crippen LogP contribution in [0.15, 0.2) is 42.5 Å². The van der Waals surface area contributed by atoms with Gasteiger partial charge in [0.25, 0.3) is 5.91 Å². The van der Waals surface area contributed by atoms with E-state index in [0.717, 1.165) is 34.4 Å². The Labute approximate surface area is 152 Å². The molecule has 2 aromatic carbocycles. The quantitative estimate of drug-likeness (QED) is 0.784. The SMILES string of the molecule is COc1cccc2c3c([nH]c12)CCN(C(=O)COc1cccc(C)c1)C3. The second kappa shape index (κ2) is 6.75. The number of rotatable bonds is 4. The third-order valence-electron chi connectivity index (χ3n) is 4.90. The van der Waals surface area contributed by atoms with E-state index in [-0.39, 0.29) is 12.5 Å². The van der Waals surface area contributed by atoms with E-state index in [9.17, 15) is 4.79 Å². The van der Waals surface area contributed by atoms with Crippen LogP contribution < -0.4 is 9.47 Å². The molecular formula is C21H22N2O3. The zero-order chi connectivity index (χ0) is 18.1. The number of aromatic amines is 1. The number of carbonyl (C=O) groups excluding carboxylic acids is 1. The summed E-state index contributed by atoms with van der Waals surface area (Å²) in [6, 6.07) is 13.8. The van der Waals surface area contributed by atoms with Gasteiger partial charge in [0.05, 0.1) is 12.6 Å². The van der Waals surface area contributed by atoms with Crippen molar-refractivity contribution in [3.63, 3.8) is 0 Å². The lowest BCUT2D eigenvalue weighted by Gasteiger charge is -2.27. The Bertz CT molecular complexity index is 961. The number of amides is 1. The molecule has 0 bridgehead atoms. The van der Waals surface area contributed by atoms with Crippen LogP contribution >= 0.6 is 0 Å². The van der Waals surface area contributed by atoms with Crippen LogP contribution in [0.4, 0.5) is 0 Å². The summed E-state index contributed by atoms with van der Waals surface area (Å²) in [6.45, 7) is 3.35. The van der Waals surface area contributed by atoms with E-state index < -0.39 is 0 Å². The lowest BCUT2D eigenvalue weighted by Crippen LogP contribution is -2.38. The molecule has 1 N–H and O–H groups in total. The van der Waals surface area contributed by atoms with Crippen molar-refractivity contribution in [2.75, 3.05) is 20.3 Å². The van der Waals surface area contributed by atoms with Crippen molar-refractivity contribution in [1.82, 2.24) is 9.88 Å². The Kier molecular flexibility index (Phi) is 4.29. The average molecular weight is 350 g/mol. The number of methoxy groups -OCH3 is 1. The van der Waals surface area contributed by atoms with Gasteiger partial charge in [0.1, 0.15) is 11.5 Å². The monoisotopic (exact) mass is 350 g/mol. The van der Waals surface area contributed by atoms with Gasteiger partial charge in [-0.25, -0.2) is 0 Å². The topological polar surface area (TPSA) is 54.6 Å². The van der Waals surface area contributed by atoms with Crippen LogP contribution in [0.5, 0.6) is 11.5 Å². The molecule has 1 aliphatic heterocycles. The number of ether oxygens (including phenoxy) is 2. The molecule has 134 valence electrons. The third kappa shape index (κ3) is 3.01. The Balaban J connectivity index is 1.50. The van der Waals surface area contributed by atoms with Gasteiger partial charge >= 0.3 is 0 Å². The Morgan fingerprint density at radius 3 is 2.88 bits per heavy atom. The number of fused-ring (bicyclic) bond motifs is 3. The molecule has 0 aliphatic carbocycles. The summed E-state index contributed by atoms with van der Waals surface area (Å²) in [6.07, 6.45) is 0.809. The van der Waals surface area contributed by atoms with Crippen molar-refractivity contribution in [2.45, 2.75) is 19.9 Å². The third-order valence-corrected chi connectivity index (χ3v) is 4.90. The van der Waals surface area contributed by atoms with Gasteiger partial charge in [-0.3, -0.25) is 4.79 Å². The van der Waals surface area contributed by atoms with Crippen LogP contribution in [0.3, 0.4) is 0 Å². The van der Waals surface area contributed by atoms with Crippen LogP contribution in [0.1, 0.15) is 16.8 Å². The molecular weight excluding hydrogens is 328 g/mol. The van der Waals surface area contributed by atoms with Crippen LogP contribution in [-0.2, 0) is 17.8 Å². The Hall–Kier alpha value is -2.95. The molecule has 4 rings (SSSR count). The smallest absolute Gasteiger partial charge is 0.260 e. The van der Waals surface area contributed by atoms with E-state index >= 15 is 0 Å². The molecule has 1 aliphatic rings. The molecule has 0 atom stereocenters. The number of carbonyl (C=O) groups is 1. The fraction of sp³-hybridized carbons (Fsp3) is 0.286. The van der Waals surface area contributed by atoms with Crippen molar-refractivity contribution in [3.8, 4) is 11.5 Å². The minimum atomic E-state index is 0.00871. The predicted octanol–water partition coefficient (Wildman–Crippen LogP) is 3.45. The molecule has 5 heteroatoms. The summed E-state index contributed by atoms with van der Waals surface area (Å²) >= 11 is 0. The van der Waals surface area contributed by atoms with Gasteiger partial charge in [0.15, 0.2) is 6.61 Å². The van der Waals surface area contributed by atoms with Crippen LogP contribution in [-0.4, -0.2) is 36.1 Å². The highest BCUT2D eigenvalue weighted by Gasteiger charge is 2.25. The number of para-hydroxylation sites is 1. The first-order chi connectivity index (χ1) is 12.7. The van der Waals surface area contributed by atoms with E-state index in [1.807, 2.05) is 48.2 Å². The summed E-state index contributed by atoms with van der Waals surface area (Å²) in [5.74, 6) is 1.57. The summed E-state index contributed by atoms with van der Waals surface area (Å²) < 4.78 is 11.1. The van der Waals surface area contributed by atoms with E-state index in [1.54, 1.807) is 7.11 Å². The van der Waals surface area contributed by atoms with Gasteiger partial charge in [-0.15, -0.1) is 0 Å². The van der Waals surface area contributed by atoms with Crippen LogP contribution in [0.25, 0.3) is 10.9 Å². The van der Waals surface area contributed by atoms with E-state index in [4.69, 9.17) is 9.47 Å². The first-order valence-corrected chi connectivity index (χ1v) is 8.79. The second-order valence-corrected chi connectivity index (χ2v) is 6.64. The Morgan fingerprint density at radius 1 is 1.23 bits per heavy atom. The molecule has 0 radical (unpaired) electrons. The van der Waals surface area contributed by atoms with Crippen molar-refractivity contribution in [2.24, 2.45) is 0 Å². The van der Waals surface area contributed by atoms with Crippen molar-refractivity contribution >= 4 is 16.8 Å². The van der Waals surface area contributed by atoms with E-state index in [2.05, 4.69) is 11.1 Å². The number of hydrogen-bond acceptors (Lipinski definition) is 3. The highest BCUT2D eigenvalue weighted by Crippen LogP contribution is 2.32. The van der Waals surface area contributed by atoms with Gasteiger partial charge in [-0.1, -0.05) is 24.3 Å². The van der Waals surface area contributed by atoms with Crippen molar-refractivity contribution in [3.05, 3.63) is 59.3 Å². The van der Waals surface area contributed by atoms with E-state index in [1.165, 1.54) is 11.3 Å². The maximum Gasteiger partial charge on any atom is 0.260 e. The average Bonchev–Trinajstić information content (AvgIpc) is 3.04. The summed E-state index contributed by atoms with van der Waals surface area (Å²) in [7, 11) is 1.67. The highest BCUT2D eigenvalue weighted by molar-refractivity contribution is 5.90. The fourth-order valence-electron chi connectivity index (χ4n) is 3.54. The zero-order valence-corrected chi connectivity index (χ0v) is 15.0. The van der Waals surface area contributed by atoms with Crippen LogP contribution in [0.2, 0.25) is 0 Å². The molecule has 0 unspecified atom stereocenters. The van der Waals surface area contributed by atoms with Crippen molar-refractivity contribution < 1.29 is 14.3 Å². The number of H-pyrrole nitrogens is 1. The molecule has 5 nitrogen and oxygen atoms in total. The molecule has 0 spiro atoms. The fourth-order valence-corrected chi connectivity index (χ4v) is 3.54. The maximum absolute atomic E-state index is 12.6. The zero-order valence-electron chi connectivity index (χ0n) is 15.0. The minimum Gasteiger partial charge on any atom is -0.495 e. The summed E-state index contributed by atoms with van der Waals surface area (Å²) in [4.78, 5) is 17.9. The first kappa shape index (κ1) is 16.5. The van der Waals surface area contributed by atoms with Crippen LogP contribution in [0, 0.1) is 6.92 Å². The summed E-state index contributed by atoms with van der Waals surface area (Å²) in [5, 5.41) is 1.12.